The van der Waals surface area contributed by atoms with Gasteiger partial charge >= 0.3 is 6.09 Å². The third-order valence-electron chi connectivity index (χ3n) is 5.39. The monoisotopic (exact) mass is 489 g/mol. The Morgan fingerprint density at radius 3 is 2.17 bits per heavy atom. The standard InChI is InChI=1S/C28H47N3O4/c1-10-11-12-13-14-17-31(23(32)19-29-26(34)35-28(7,8)9)24(25(33)30-27(4,5)6)22-18-20(2)15-16-21(22)3/h15-16,18,24H,10-14,17,19H2,1-9H3,(H,29,34)(H,30,33). The van der Waals surface area contributed by atoms with E-state index in [2.05, 4.69) is 17.6 Å². The van der Waals surface area contributed by atoms with Gasteiger partial charge in [-0.2, -0.15) is 0 Å². The van der Waals surface area contributed by atoms with Gasteiger partial charge in [0, 0.05) is 12.1 Å². The molecule has 1 rings (SSSR count). The van der Waals surface area contributed by atoms with Crippen molar-refractivity contribution in [2.24, 2.45) is 0 Å². The number of nitrogens with zero attached hydrogens (tertiary/aromatic N) is 1. The Morgan fingerprint density at radius 2 is 1.60 bits per heavy atom. The maximum Gasteiger partial charge on any atom is 0.408 e. The number of carbonyl (C=O) groups excluding carboxylic acids is 3. The van der Waals surface area contributed by atoms with Crippen molar-refractivity contribution in [1.29, 1.82) is 0 Å². The van der Waals surface area contributed by atoms with Gasteiger partial charge in [0.25, 0.3) is 0 Å². The van der Waals surface area contributed by atoms with E-state index in [-0.39, 0.29) is 18.4 Å². The number of nitrogens with one attached hydrogen (secondary N) is 2. The summed E-state index contributed by atoms with van der Waals surface area (Å²) < 4.78 is 5.29. The Kier molecular flexibility index (Phi) is 11.7. The average Bonchev–Trinajstić information content (AvgIpc) is 2.70. The number of aryl methyl sites for hydroxylation is 2. The Bertz CT molecular complexity index is 853. The lowest BCUT2D eigenvalue weighted by atomic mass is 9.95. The van der Waals surface area contributed by atoms with E-state index in [9.17, 15) is 14.4 Å². The van der Waals surface area contributed by atoms with E-state index in [4.69, 9.17) is 4.74 Å². The minimum atomic E-state index is -0.798. The molecule has 0 radical (unpaired) electrons. The molecule has 1 aromatic rings. The van der Waals surface area contributed by atoms with Gasteiger partial charge in [-0.05, 0) is 72.9 Å². The average molecular weight is 490 g/mol. The summed E-state index contributed by atoms with van der Waals surface area (Å²) in [6.07, 6.45) is 4.44. The summed E-state index contributed by atoms with van der Waals surface area (Å²) in [5.41, 5.74) is 1.62. The summed E-state index contributed by atoms with van der Waals surface area (Å²) in [6, 6.07) is 5.15. The summed E-state index contributed by atoms with van der Waals surface area (Å²) in [5.74, 6) is -0.549. The Hall–Kier alpha value is -2.57. The highest BCUT2D eigenvalue weighted by Gasteiger charge is 2.34. The molecule has 0 fully saturated rings. The zero-order chi connectivity index (χ0) is 26.8. The molecule has 1 unspecified atom stereocenters. The second-order valence-electron chi connectivity index (χ2n) is 11.4. The molecule has 0 aliphatic carbocycles. The lowest BCUT2D eigenvalue weighted by Crippen LogP contribution is -2.51. The molecule has 198 valence electrons. The van der Waals surface area contributed by atoms with Crippen LogP contribution in [0.1, 0.15) is 103 Å². The Labute approximate surface area is 212 Å². The summed E-state index contributed by atoms with van der Waals surface area (Å²) in [7, 11) is 0. The lowest BCUT2D eigenvalue weighted by Gasteiger charge is -2.35. The molecule has 0 aromatic heterocycles. The largest absolute Gasteiger partial charge is 0.444 e. The second-order valence-corrected chi connectivity index (χ2v) is 11.4. The summed E-state index contributed by atoms with van der Waals surface area (Å²) in [6.45, 7) is 17.3. The molecule has 35 heavy (non-hydrogen) atoms. The van der Waals surface area contributed by atoms with E-state index in [0.717, 1.165) is 48.8 Å². The molecule has 0 saturated carbocycles. The van der Waals surface area contributed by atoms with Gasteiger partial charge in [-0.1, -0.05) is 56.4 Å². The van der Waals surface area contributed by atoms with Crippen LogP contribution >= 0.6 is 0 Å². The number of amides is 3. The van der Waals surface area contributed by atoms with Gasteiger partial charge in [0.15, 0.2) is 0 Å². The van der Waals surface area contributed by atoms with E-state index in [1.165, 1.54) is 0 Å². The van der Waals surface area contributed by atoms with Crippen LogP contribution in [-0.4, -0.2) is 47.0 Å². The van der Waals surface area contributed by atoms with Crippen molar-refractivity contribution in [1.82, 2.24) is 15.5 Å². The fourth-order valence-corrected chi connectivity index (χ4v) is 3.79. The van der Waals surface area contributed by atoms with Crippen LogP contribution in [0.4, 0.5) is 4.79 Å². The molecule has 7 nitrogen and oxygen atoms in total. The predicted molar refractivity (Wildman–Crippen MR) is 141 cm³/mol. The van der Waals surface area contributed by atoms with Gasteiger partial charge in [-0.25, -0.2) is 4.79 Å². The van der Waals surface area contributed by atoms with Gasteiger partial charge in [-0.3, -0.25) is 9.59 Å². The number of ether oxygens (including phenoxy) is 1. The van der Waals surface area contributed by atoms with Crippen molar-refractivity contribution in [3.8, 4) is 0 Å². The molecule has 0 spiro atoms. The van der Waals surface area contributed by atoms with Crippen molar-refractivity contribution in [2.75, 3.05) is 13.1 Å². The second kappa shape index (κ2) is 13.5. The minimum absolute atomic E-state index is 0.231. The molecule has 1 atom stereocenters. The van der Waals surface area contributed by atoms with Crippen molar-refractivity contribution in [3.05, 3.63) is 34.9 Å². The van der Waals surface area contributed by atoms with E-state index < -0.39 is 23.3 Å². The molecule has 0 aliphatic heterocycles. The molecular weight excluding hydrogens is 442 g/mol. The van der Waals surface area contributed by atoms with Gasteiger partial charge in [0.1, 0.15) is 18.2 Å². The first-order chi connectivity index (χ1) is 16.1. The number of rotatable bonds is 11. The first-order valence-electron chi connectivity index (χ1n) is 12.8. The van der Waals surface area contributed by atoms with Crippen molar-refractivity contribution in [2.45, 2.75) is 112 Å². The van der Waals surface area contributed by atoms with Gasteiger partial charge in [0.05, 0.1) is 0 Å². The number of carbonyl (C=O) groups is 3. The molecule has 1 aromatic carbocycles. The van der Waals surface area contributed by atoms with Gasteiger partial charge < -0.3 is 20.3 Å². The van der Waals surface area contributed by atoms with Crippen LogP contribution < -0.4 is 10.6 Å². The number of unbranched alkanes of at least 4 members (excludes halogenated alkanes) is 4. The first kappa shape index (κ1) is 30.5. The fourth-order valence-electron chi connectivity index (χ4n) is 3.79. The van der Waals surface area contributed by atoms with Gasteiger partial charge in [-0.15, -0.1) is 0 Å². The van der Waals surface area contributed by atoms with Crippen LogP contribution in [0.25, 0.3) is 0 Å². The molecule has 0 aliphatic rings. The summed E-state index contributed by atoms with van der Waals surface area (Å²) in [4.78, 5) is 40.9. The summed E-state index contributed by atoms with van der Waals surface area (Å²) in [5, 5.41) is 5.63. The Balaban J connectivity index is 3.30. The normalized spacial score (nSPS) is 12.6. The maximum atomic E-state index is 13.6. The fraction of sp³-hybridized carbons (Fsp3) is 0.679. The van der Waals surface area contributed by atoms with Crippen LogP contribution in [0.2, 0.25) is 0 Å². The topological polar surface area (TPSA) is 87.7 Å². The molecule has 0 saturated heterocycles. The van der Waals surface area contributed by atoms with Crippen LogP contribution in [0.15, 0.2) is 18.2 Å². The van der Waals surface area contributed by atoms with Crippen LogP contribution in [-0.2, 0) is 14.3 Å². The number of hydrogen-bond acceptors (Lipinski definition) is 4. The minimum Gasteiger partial charge on any atom is -0.444 e. The molecule has 0 bridgehead atoms. The van der Waals surface area contributed by atoms with Crippen LogP contribution in [0.5, 0.6) is 0 Å². The smallest absolute Gasteiger partial charge is 0.408 e. The summed E-state index contributed by atoms with van der Waals surface area (Å²) >= 11 is 0. The van der Waals surface area contributed by atoms with E-state index in [1.807, 2.05) is 52.8 Å². The highest BCUT2D eigenvalue weighted by atomic mass is 16.6. The number of benzene rings is 1. The van der Waals surface area contributed by atoms with E-state index in [1.54, 1.807) is 25.7 Å². The van der Waals surface area contributed by atoms with E-state index in [0.29, 0.717) is 6.54 Å². The zero-order valence-corrected chi connectivity index (χ0v) is 23.3. The SMILES string of the molecule is CCCCCCCN(C(=O)CNC(=O)OC(C)(C)C)C(C(=O)NC(C)(C)C)c1cc(C)ccc1C. The number of hydrogen-bond donors (Lipinski definition) is 2. The van der Waals surface area contributed by atoms with Crippen molar-refractivity contribution in [3.63, 3.8) is 0 Å². The van der Waals surface area contributed by atoms with Crippen LogP contribution in [0.3, 0.4) is 0 Å². The van der Waals surface area contributed by atoms with Crippen LogP contribution in [0, 0.1) is 13.8 Å². The highest BCUT2D eigenvalue weighted by Crippen LogP contribution is 2.27. The van der Waals surface area contributed by atoms with Crippen molar-refractivity contribution >= 4 is 17.9 Å². The third kappa shape index (κ3) is 11.6. The predicted octanol–water partition coefficient (Wildman–Crippen LogP) is 5.58. The quantitative estimate of drug-likeness (QED) is 0.397. The molecule has 3 amide bonds. The highest BCUT2D eigenvalue weighted by molar-refractivity contribution is 5.91. The first-order valence-corrected chi connectivity index (χ1v) is 12.8. The number of alkyl carbamates (subject to hydrolysis) is 1. The third-order valence-corrected chi connectivity index (χ3v) is 5.39. The molecular formula is C28H47N3O4. The molecule has 2 N–H and O–H groups in total. The lowest BCUT2D eigenvalue weighted by molar-refractivity contribution is -0.141. The molecule has 0 heterocycles. The van der Waals surface area contributed by atoms with E-state index >= 15 is 0 Å². The molecule has 7 heteroatoms. The van der Waals surface area contributed by atoms with Gasteiger partial charge in [0.2, 0.25) is 11.8 Å². The zero-order valence-electron chi connectivity index (χ0n) is 23.3. The maximum absolute atomic E-state index is 13.6. The van der Waals surface area contributed by atoms with Crippen molar-refractivity contribution < 1.29 is 19.1 Å². The Morgan fingerprint density at radius 1 is 0.971 bits per heavy atom.